The Morgan fingerprint density at radius 2 is 2.16 bits per heavy atom. The third kappa shape index (κ3) is 4.18. The summed E-state index contributed by atoms with van der Waals surface area (Å²) < 4.78 is 14.0. The monoisotopic (exact) mass is 269 g/mol. The van der Waals surface area contributed by atoms with E-state index in [4.69, 9.17) is 10.9 Å². The average molecular weight is 269 g/mol. The van der Waals surface area contributed by atoms with Crippen LogP contribution in [-0.4, -0.2) is 28.8 Å². The lowest BCUT2D eigenvalue weighted by atomic mass is 10.1. The molecule has 0 bridgehead atoms. The SMILES string of the molecule is CC(C)C(O)CNCc1cccc(/C(N)=N/O)c1F. The molecule has 19 heavy (non-hydrogen) atoms. The van der Waals surface area contributed by atoms with Crippen LogP contribution in [-0.2, 0) is 6.54 Å². The first kappa shape index (κ1) is 15.4. The number of hydrogen-bond acceptors (Lipinski definition) is 4. The van der Waals surface area contributed by atoms with Gasteiger partial charge in [-0.25, -0.2) is 4.39 Å². The molecule has 0 radical (unpaired) electrons. The van der Waals surface area contributed by atoms with E-state index < -0.39 is 11.9 Å². The van der Waals surface area contributed by atoms with Gasteiger partial charge in [-0.05, 0) is 12.0 Å². The molecule has 0 aliphatic heterocycles. The predicted molar refractivity (Wildman–Crippen MR) is 71.5 cm³/mol. The lowest BCUT2D eigenvalue weighted by Gasteiger charge is -2.15. The van der Waals surface area contributed by atoms with Crippen LogP contribution in [0.5, 0.6) is 0 Å². The van der Waals surface area contributed by atoms with Crippen molar-refractivity contribution in [2.75, 3.05) is 6.54 Å². The molecule has 106 valence electrons. The van der Waals surface area contributed by atoms with Crippen molar-refractivity contribution in [3.8, 4) is 0 Å². The van der Waals surface area contributed by atoms with Gasteiger partial charge in [0.15, 0.2) is 5.84 Å². The summed E-state index contributed by atoms with van der Waals surface area (Å²) in [5.74, 6) is -0.647. The molecule has 1 rings (SSSR count). The highest BCUT2D eigenvalue weighted by Gasteiger charge is 2.12. The lowest BCUT2D eigenvalue weighted by molar-refractivity contribution is 0.123. The highest BCUT2D eigenvalue weighted by Crippen LogP contribution is 2.13. The predicted octanol–water partition coefficient (Wildman–Crippen LogP) is 1.03. The molecule has 0 spiro atoms. The first-order chi connectivity index (χ1) is 8.97. The van der Waals surface area contributed by atoms with Gasteiger partial charge in [-0.15, -0.1) is 0 Å². The summed E-state index contributed by atoms with van der Waals surface area (Å²) in [7, 11) is 0. The number of aliphatic hydroxyl groups is 1. The molecule has 6 heteroatoms. The Hall–Kier alpha value is -1.66. The number of nitrogens with one attached hydrogen (secondary N) is 1. The molecule has 1 atom stereocenters. The van der Waals surface area contributed by atoms with Gasteiger partial charge in [0.25, 0.3) is 0 Å². The summed E-state index contributed by atoms with van der Waals surface area (Å²) in [4.78, 5) is 0. The molecule has 0 aromatic heterocycles. The molecule has 0 aliphatic carbocycles. The van der Waals surface area contributed by atoms with Gasteiger partial charge in [-0.1, -0.05) is 31.1 Å². The van der Waals surface area contributed by atoms with E-state index in [1.165, 1.54) is 6.07 Å². The van der Waals surface area contributed by atoms with Gasteiger partial charge in [0.1, 0.15) is 5.82 Å². The van der Waals surface area contributed by atoms with Gasteiger partial charge in [-0.2, -0.15) is 0 Å². The largest absolute Gasteiger partial charge is 0.409 e. The third-order valence-corrected chi connectivity index (χ3v) is 2.90. The average Bonchev–Trinajstić information content (AvgIpc) is 2.39. The van der Waals surface area contributed by atoms with Crippen molar-refractivity contribution < 1.29 is 14.7 Å². The quantitative estimate of drug-likeness (QED) is 0.269. The Bertz CT molecular complexity index is 450. The van der Waals surface area contributed by atoms with Crippen molar-refractivity contribution in [3.05, 3.63) is 35.1 Å². The fraction of sp³-hybridized carbons (Fsp3) is 0.462. The molecule has 0 saturated carbocycles. The molecule has 5 nitrogen and oxygen atoms in total. The summed E-state index contributed by atoms with van der Waals surface area (Å²) in [5, 5.41) is 23.9. The summed E-state index contributed by atoms with van der Waals surface area (Å²) in [5.41, 5.74) is 5.84. The minimum atomic E-state index is -0.524. The van der Waals surface area contributed by atoms with Crippen molar-refractivity contribution >= 4 is 5.84 Å². The summed E-state index contributed by atoms with van der Waals surface area (Å²) in [6.45, 7) is 4.46. The maximum atomic E-state index is 14.0. The molecular formula is C13H20FN3O2. The van der Waals surface area contributed by atoms with Gasteiger partial charge in [-0.3, -0.25) is 0 Å². The summed E-state index contributed by atoms with van der Waals surface area (Å²) >= 11 is 0. The first-order valence-electron chi connectivity index (χ1n) is 6.11. The van der Waals surface area contributed by atoms with Crippen molar-refractivity contribution in [3.63, 3.8) is 0 Å². The van der Waals surface area contributed by atoms with E-state index in [-0.39, 0.29) is 23.9 Å². The van der Waals surface area contributed by atoms with Gasteiger partial charge in [0.05, 0.1) is 11.7 Å². The zero-order valence-corrected chi connectivity index (χ0v) is 11.1. The second-order valence-corrected chi connectivity index (χ2v) is 4.71. The van der Waals surface area contributed by atoms with E-state index in [2.05, 4.69) is 10.5 Å². The van der Waals surface area contributed by atoms with Crippen LogP contribution in [0.1, 0.15) is 25.0 Å². The molecular weight excluding hydrogens is 249 g/mol. The molecule has 5 N–H and O–H groups in total. The number of oxime groups is 1. The van der Waals surface area contributed by atoms with Crippen LogP contribution in [0, 0.1) is 11.7 Å². The first-order valence-corrected chi connectivity index (χ1v) is 6.11. The molecule has 1 unspecified atom stereocenters. The smallest absolute Gasteiger partial charge is 0.173 e. The fourth-order valence-electron chi connectivity index (χ4n) is 1.56. The van der Waals surface area contributed by atoms with E-state index >= 15 is 0 Å². The minimum Gasteiger partial charge on any atom is -0.409 e. The van der Waals surface area contributed by atoms with E-state index in [1.54, 1.807) is 12.1 Å². The molecule has 0 saturated heterocycles. The standard InChI is InChI=1S/C13H20FN3O2/c1-8(2)11(18)7-16-6-9-4-3-5-10(12(9)14)13(15)17-19/h3-5,8,11,16,18-19H,6-7H2,1-2H3,(H2,15,17). The number of halogens is 1. The fourth-order valence-corrected chi connectivity index (χ4v) is 1.56. The van der Waals surface area contributed by atoms with Crippen LogP contribution in [0.15, 0.2) is 23.4 Å². The highest BCUT2D eigenvalue weighted by molar-refractivity contribution is 5.97. The van der Waals surface area contributed by atoms with E-state index in [0.29, 0.717) is 12.1 Å². The summed E-state index contributed by atoms with van der Waals surface area (Å²) in [6.07, 6.45) is -0.477. The number of nitrogens with two attached hydrogens (primary N) is 1. The van der Waals surface area contributed by atoms with Crippen molar-refractivity contribution in [2.45, 2.75) is 26.5 Å². The summed E-state index contributed by atoms with van der Waals surface area (Å²) in [6, 6.07) is 4.68. The van der Waals surface area contributed by atoms with Gasteiger partial charge in [0, 0.05) is 18.7 Å². The maximum absolute atomic E-state index is 14.0. The van der Waals surface area contributed by atoms with Crippen LogP contribution >= 0.6 is 0 Å². The molecule has 0 heterocycles. The highest BCUT2D eigenvalue weighted by atomic mass is 19.1. The Morgan fingerprint density at radius 3 is 2.74 bits per heavy atom. The number of rotatable bonds is 6. The van der Waals surface area contributed by atoms with Crippen molar-refractivity contribution in [2.24, 2.45) is 16.8 Å². The Balaban J connectivity index is 2.70. The van der Waals surface area contributed by atoms with Gasteiger partial charge < -0.3 is 21.4 Å². The zero-order valence-electron chi connectivity index (χ0n) is 11.1. The number of hydrogen-bond donors (Lipinski definition) is 4. The van der Waals surface area contributed by atoms with Crippen LogP contribution in [0.2, 0.25) is 0 Å². The lowest BCUT2D eigenvalue weighted by Crippen LogP contribution is -2.30. The van der Waals surface area contributed by atoms with E-state index in [0.717, 1.165) is 0 Å². The Kier molecular flexibility index (Phi) is 5.72. The van der Waals surface area contributed by atoms with E-state index in [9.17, 15) is 9.50 Å². The Morgan fingerprint density at radius 1 is 1.47 bits per heavy atom. The topological polar surface area (TPSA) is 90.9 Å². The van der Waals surface area contributed by atoms with Crippen molar-refractivity contribution in [1.82, 2.24) is 5.32 Å². The van der Waals surface area contributed by atoms with Crippen LogP contribution in [0.3, 0.4) is 0 Å². The molecule has 1 aromatic carbocycles. The van der Waals surface area contributed by atoms with Gasteiger partial charge in [0.2, 0.25) is 0 Å². The normalized spacial score (nSPS) is 13.8. The Labute approximate surface area is 111 Å². The van der Waals surface area contributed by atoms with E-state index in [1.807, 2.05) is 13.8 Å². The molecule has 0 amide bonds. The number of benzene rings is 1. The van der Waals surface area contributed by atoms with Crippen LogP contribution < -0.4 is 11.1 Å². The zero-order chi connectivity index (χ0) is 14.4. The molecule has 1 aromatic rings. The molecule has 0 aliphatic rings. The number of nitrogens with zero attached hydrogens (tertiary/aromatic N) is 1. The second kappa shape index (κ2) is 7.06. The molecule has 0 fully saturated rings. The van der Waals surface area contributed by atoms with Crippen molar-refractivity contribution in [1.29, 1.82) is 0 Å². The second-order valence-electron chi connectivity index (χ2n) is 4.71. The number of amidine groups is 1. The number of aliphatic hydroxyl groups excluding tert-OH is 1. The van der Waals surface area contributed by atoms with Crippen LogP contribution in [0.4, 0.5) is 4.39 Å². The maximum Gasteiger partial charge on any atom is 0.173 e. The minimum absolute atomic E-state index is 0.0613. The van der Waals surface area contributed by atoms with Gasteiger partial charge >= 0.3 is 0 Å². The third-order valence-electron chi connectivity index (χ3n) is 2.90. The van der Waals surface area contributed by atoms with Crippen LogP contribution in [0.25, 0.3) is 0 Å².